The van der Waals surface area contributed by atoms with E-state index in [2.05, 4.69) is 25.2 Å². The molecule has 0 amide bonds. The Bertz CT molecular complexity index is 210. The summed E-state index contributed by atoms with van der Waals surface area (Å²) in [4.78, 5) is 0. The first-order chi connectivity index (χ1) is 5.90. The fourth-order valence-electron chi connectivity index (χ4n) is 2.54. The molecule has 66 valence electrons. The number of hydrogen-bond donors (Lipinski definition) is 0. The molecule has 0 nitrogen and oxygen atoms in total. The van der Waals surface area contributed by atoms with E-state index < -0.39 is 0 Å². The molecule has 0 heteroatoms. The molecule has 0 aromatic rings. The first-order valence-corrected chi connectivity index (χ1v) is 5.25. The summed E-state index contributed by atoms with van der Waals surface area (Å²) in [5.74, 6) is 1.93. The topological polar surface area (TPSA) is 0 Å². The van der Waals surface area contributed by atoms with E-state index in [1.165, 1.54) is 32.1 Å². The van der Waals surface area contributed by atoms with Crippen LogP contribution in [-0.4, -0.2) is 0 Å². The average molecular weight is 162 g/mol. The SMILES string of the molecule is CCC1CC2=CC=CCCC2C1. The van der Waals surface area contributed by atoms with E-state index in [-0.39, 0.29) is 0 Å². The molecular formula is C12H18. The van der Waals surface area contributed by atoms with Gasteiger partial charge in [-0.05, 0) is 37.5 Å². The van der Waals surface area contributed by atoms with Crippen molar-refractivity contribution in [1.82, 2.24) is 0 Å². The van der Waals surface area contributed by atoms with Crippen molar-refractivity contribution in [2.24, 2.45) is 11.8 Å². The summed E-state index contributed by atoms with van der Waals surface area (Å²) in [6, 6.07) is 0. The van der Waals surface area contributed by atoms with Crippen molar-refractivity contribution >= 4 is 0 Å². The zero-order valence-corrected chi connectivity index (χ0v) is 7.92. The Morgan fingerprint density at radius 1 is 1.50 bits per heavy atom. The lowest BCUT2D eigenvalue weighted by atomic mass is 9.97. The lowest BCUT2D eigenvalue weighted by molar-refractivity contribution is 0.472. The van der Waals surface area contributed by atoms with E-state index in [0.717, 1.165) is 11.8 Å². The monoisotopic (exact) mass is 162 g/mol. The molecule has 0 aromatic heterocycles. The predicted molar refractivity (Wildman–Crippen MR) is 53.0 cm³/mol. The van der Waals surface area contributed by atoms with Gasteiger partial charge in [0.15, 0.2) is 0 Å². The van der Waals surface area contributed by atoms with Crippen LogP contribution in [0.2, 0.25) is 0 Å². The van der Waals surface area contributed by atoms with Crippen LogP contribution < -0.4 is 0 Å². The van der Waals surface area contributed by atoms with E-state index in [0.29, 0.717) is 0 Å². The molecule has 2 rings (SSSR count). The Hall–Kier alpha value is -0.520. The Labute approximate surface area is 75.4 Å². The highest BCUT2D eigenvalue weighted by Gasteiger charge is 2.27. The fourth-order valence-corrected chi connectivity index (χ4v) is 2.54. The van der Waals surface area contributed by atoms with Crippen molar-refractivity contribution in [3.05, 3.63) is 23.8 Å². The van der Waals surface area contributed by atoms with Gasteiger partial charge in [-0.15, -0.1) is 0 Å². The van der Waals surface area contributed by atoms with Gasteiger partial charge in [-0.1, -0.05) is 37.1 Å². The Morgan fingerprint density at radius 2 is 2.42 bits per heavy atom. The van der Waals surface area contributed by atoms with Gasteiger partial charge in [-0.2, -0.15) is 0 Å². The standard InChI is InChI=1S/C12H18/c1-2-10-8-11-6-4-3-5-7-12(11)9-10/h3-4,6,10,12H,2,5,7-9H2,1H3. The van der Waals surface area contributed by atoms with Gasteiger partial charge < -0.3 is 0 Å². The van der Waals surface area contributed by atoms with E-state index in [4.69, 9.17) is 0 Å². The minimum atomic E-state index is 0.935. The molecule has 2 unspecified atom stereocenters. The number of allylic oxidation sites excluding steroid dienone is 4. The van der Waals surface area contributed by atoms with Crippen LogP contribution in [0.3, 0.4) is 0 Å². The van der Waals surface area contributed by atoms with Gasteiger partial charge in [-0.3, -0.25) is 0 Å². The van der Waals surface area contributed by atoms with Crippen LogP contribution in [0.5, 0.6) is 0 Å². The van der Waals surface area contributed by atoms with E-state index in [9.17, 15) is 0 Å². The van der Waals surface area contributed by atoms with Crippen molar-refractivity contribution < 1.29 is 0 Å². The summed E-state index contributed by atoms with van der Waals surface area (Å²) in [7, 11) is 0. The summed E-state index contributed by atoms with van der Waals surface area (Å²) >= 11 is 0. The maximum Gasteiger partial charge on any atom is -0.0194 e. The molecular weight excluding hydrogens is 144 g/mol. The zero-order valence-electron chi connectivity index (χ0n) is 7.92. The molecule has 12 heavy (non-hydrogen) atoms. The van der Waals surface area contributed by atoms with Crippen LogP contribution in [0.15, 0.2) is 23.8 Å². The lowest BCUT2D eigenvalue weighted by Crippen LogP contribution is -1.95. The molecule has 0 aliphatic heterocycles. The van der Waals surface area contributed by atoms with Gasteiger partial charge in [0.2, 0.25) is 0 Å². The van der Waals surface area contributed by atoms with Gasteiger partial charge in [0.05, 0.1) is 0 Å². The summed E-state index contributed by atoms with van der Waals surface area (Å²) in [6.45, 7) is 2.33. The Kier molecular flexibility index (Phi) is 2.34. The summed E-state index contributed by atoms with van der Waals surface area (Å²) in [5, 5.41) is 0. The minimum Gasteiger partial charge on any atom is -0.0845 e. The molecule has 2 aliphatic rings. The predicted octanol–water partition coefficient (Wildman–Crippen LogP) is 3.70. The van der Waals surface area contributed by atoms with Crippen LogP contribution in [0.25, 0.3) is 0 Å². The van der Waals surface area contributed by atoms with Gasteiger partial charge in [0.25, 0.3) is 0 Å². The van der Waals surface area contributed by atoms with Crippen LogP contribution in [-0.2, 0) is 0 Å². The molecule has 0 aromatic carbocycles. The van der Waals surface area contributed by atoms with Gasteiger partial charge in [0, 0.05) is 0 Å². The molecule has 0 N–H and O–H groups in total. The molecule has 0 radical (unpaired) electrons. The first kappa shape index (κ1) is 8.10. The maximum absolute atomic E-state index is 2.37. The normalized spacial score (nSPS) is 34.2. The first-order valence-electron chi connectivity index (χ1n) is 5.25. The summed E-state index contributed by atoms with van der Waals surface area (Å²) in [5.41, 5.74) is 1.73. The molecule has 2 atom stereocenters. The maximum atomic E-state index is 2.37. The van der Waals surface area contributed by atoms with Gasteiger partial charge in [0.1, 0.15) is 0 Å². The van der Waals surface area contributed by atoms with E-state index in [1.807, 2.05) is 0 Å². The van der Waals surface area contributed by atoms with Crippen LogP contribution >= 0.6 is 0 Å². The third-order valence-electron chi connectivity index (χ3n) is 3.37. The van der Waals surface area contributed by atoms with Gasteiger partial charge in [-0.25, -0.2) is 0 Å². The van der Waals surface area contributed by atoms with Crippen LogP contribution in [0.4, 0.5) is 0 Å². The summed E-state index contributed by atoms with van der Waals surface area (Å²) in [6.07, 6.45) is 13.8. The smallest absolute Gasteiger partial charge is 0.0194 e. The quantitative estimate of drug-likeness (QED) is 0.551. The highest BCUT2D eigenvalue weighted by molar-refractivity contribution is 5.21. The molecule has 2 aliphatic carbocycles. The van der Waals surface area contributed by atoms with Gasteiger partial charge >= 0.3 is 0 Å². The van der Waals surface area contributed by atoms with E-state index in [1.54, 1.807) is 5.57 Å². The van der Waals surface area contributed by atoms with Crippen molar-refractivity contribution in [1.29, 1.82) is 0 Å². The zero-order chi connectivity index (χ0) is 8.39. The van der Waals surface area contributed by atoms with Crippen molar-refractivity contribution in [3.63, 3.8) is 0 Å². The molecule has 0 bridgehead atoms. The number of rotatable bonds is 1. The second kappa shape index (κ2) is 3.47. The highest BCUT2D eigenvalue weighted by atomic mass is 14.3. The average Bonchev–Trinajstić information content (AvgIpc) is 2.37. The number of fused-ring (bicyclic) bond motifs is 1. The Balaban J connectivity index is 2.09. The fraction of sp³-hybridized carbons (Fsp3) is 0.667. The largest absolute Gasteiger partial charge is 0.0845 e. The molecule has 1 saturated carbocycles. The molecule has 0 spiro atoms. The lowest BCUT2D eigenvalue weighted by Gasteiger charge is -2.08. The molecule has 0 heterocycles. The van der Waals surface area contributed by atoms with E-state index >= 15 is 0 Å². The van der Waals surface area contributed by atoms with Crippen LogP contribution in [0.1, 0.15) is 39.0 Å². The molecule has 0 saturated heterocycles. The van der Waals surface area contributed by atoms with Crippen molar-refractivity contribution in [2.75, 3.05) is 0 Å². The highest BCUT2D eigenvalue weighted by Crippen LogP contribution is 2.40. The third-order valence-corrected chi connectivity index (χ3v) is 3.37. The second-order valence-electron chi connectivity index (χ2n) is 4.16. The third kappa shape index (κ3) is 1.48. The van der Waals surface area contributed by atoms with Crippen molar-refractivity contribution in [2.45, 2.75) is 39.0 Å². The van der Waals surface area contributed by atoms with Crippen LogP contribution in [0, 0.1) is 11.8 Å². The molecule has 1 fully saturated rings. The summed E-state index contributed by atoms with van der Waals surface area (Å²) < 4.78 is 0. The minimum absolute atomic E-state index is 0.935. The number of hydrogen-bond acceptors (Lipinski definition) is 0. The Morgan fingerprint density at radius 3 is 3.25 bits per heavy atom. The second-order valence-corrected chi connectivity index (χ2v) is 4.16. The van der Waals surface area contributed by atoms with Crippen molar-refractivity contribution in [3.8, 4) is 0 Å².